The van der Waals surface area contributed by atoms with Gasteiger partial charge in [0.1, 0.15) is 10.9 Å². The summed E-state index contributed by atoms with van der Waals surface area (Å²) in [5.41, 5.74) is 2.69. The van der Waals surface area contributed by atoms with Crippen LogP contribution in [0.25, 0.3) is 5.69 Å². The first kappa shape index (κ1) is 14.6. The Morgan fingerprint density at radius 2 is 2.08 bits per heavy atom. The second kappa shape index (κ2) is 5.61. The second-order valence-corrected chi connectivity index (χ2v) is 5.65. The van der Waals surface area contributed by atoms with Crippen molar-refractivity contribution in [2.75, 3.05) is 12.0 Å². The van der Waals surface area contributed by atoms with E-state index in [0.29, 0.717) is 28.8 Å². The molecule has 0 bridgehead atoms. The summed E-state index contributed by atoms with van der Waals surface area (Å²) in [7, 11) is 1.56. The maximum atomic E-state index is 12.6. The van der Waals surface area contributed by atoms with Gasteiger partial charge in [-0.25, -0.2) is 9.67 Å². The number of nitrogens with zero attached hydrogens (tertiary/aromatic N) is 5. The number of carbonyl (C=O) groups excluding carboxylic acids is 1. The third-order valence-corrected chi connectivity index (χ3v) is 4.01. The third kappa shape index (κ3) is 2.39. The lowest BCUT2D eigenvalue weighted by atomic mass is 10.3. The first-order valence-electron chi connectivity index (χ1n) is 7.17. The number of halogens is 1. The Hall–Kier alpha value is -2.93. The van der Waals surface area contributed by atoms with Gasteiger partial charge in [0.05, 0.1) is 43.6 Å². The summed E-state index contributed by atoms with van der Waals surface area (Å²) in [4.78, 5) is 22.4. The minimum absolute atomic E-state index is 0.166. The molecule has 120 valence electrons. The summed E-state index contributed by atoms with van der Waals surface area (Å²) in [6.45, 7) is 0.435. The molecule has 0 saturated carbocycles. The number of aromatic nitrogens is 4. The molecule has 1 amide bonds. The van der Waals surface area contributed by atoms with Crippen molar-refractivity contribution in [1.82, 2.24) is 19.7 Å². The van der Waals surface area contributed by atoms with E-state index in [4.69, 9.17) is 16.3 Å². The lowest BCUT2D eigenvalue weighted by Crippen LogP contribution is -2.24. The van der Waals surface area contributed by atoms with Crippen molar-refractivity contribution < 1.29 is 9.53 Å². The van der Waals surface area contributed by atoms with Crippen LogP contribution >= 0.6 is 11.6 Å². The lowest BCUT2D eigenvalue weighted by Gasteiger charge is -2.16. The Balaban J connectivity index is 1.64. The number of ether oxygens (including phenoxy) is 1. The summed E-state index contributed by atoms with van der Waals surface area (Å²) in [5, 5.41) is 4.79. The van der Waals surface area contributed by atoms with Crippen LogP contribution in [0.4, 0.5) is 5.69 Å². The van der Waals surface area contributed by atoms with Gasteiger partial charge in [0.25, 0.3) is 5.91 Å². The molecule has 0 aromatic carbocycles. The van der Waals surface area contributed by atoms with Gasteiger partial charge in [-0.2, -0.15) is 5.10 Å². The molecule has 3 aromatic rings. The van der Waals surface area contributed by atoms with Gasteiger partial charge in [-0.05, 0) is 12.1 Å². The van der Waals surface area contributed by atoms with Gasteiger partial charge in [0.2, 0.25) is 0 Å². The van der Waals surface area contributed by atoms with E-state index < -0.39 is 0 Å². The highest BCUT2D eigenvalue weighted by Gasteiger charge is 2.32. The van der Waals surface area contributed by atoms with E-state index in [-0.39, 0.29) is 5.91 Å². The molecule has 24 heavy (non-hydrogen) atoms. The van der Waals surface area contributed by atoms with Gasteiger partial charge in [-0.15, -0.1) is 0 Å². The topological polar surface area (TPSA) is 73.1 Å². The van der Waals surface area contributed by atoms with Crippen molar-refractivity contribution in [3.05, 3.63) is 59.4 Å². The molecule has 0 radical (unpaired) electrons. The predicted octanol–water partition coefficient (Wildman–Crippen LogP) is 2.48. The first-order chi connectivity index (χ1) is 11.7. The summed E-state index contributed by atoms with van der Waals surface area (Å²) < 4.78 is 6.79. The van der Waals surface area contributed by atoms with Crippen LogP contribution in [0.1, 0.15) is 16.1 Å². The number of carbonyl (C=O) groups is 1. The highest BCUT2D eigenvalue weighted by Crippen LogP contribution is 2.29. The van der Waals surface area contributed by atoms with E-state index in [1.54, 1.807) is 53.5 Å². The summed E-state index contributed by atoms with van der Waals surface area (Å²) >= 11 is 5.79. The Kier molecular flexibility index (Phi) is 3.42. The van der Waals surface area contributed by atoms with E-state index in [9.17, 15) is 4.79 Å². The van der Waals surface area contributed by atoms with E-state index in [2.05, 4.69) is 15.1 Å². The van der Waals surface area contributed by atoms with Crippen LogP contribution in [0.3, 0.4) is 0 Å². The number of hydrogen-bond acceptors (Lipinski definition) is 5. The van der Waals surface area contributed by atoms with E-state index in [1.165, 1.54) is 0 Å². The zero-order valence-corrected chi connectivity index (χ0v) is 13.4. The molecular weight excluding hydrogens is 330 g/mol. The van der Waals surface area contributed by atoms with Crippen LogP contribution in [-0.4, -0.2) is 32.8 Å². The average Bonchev–Trinajstić information content (AvgIpc) is 3.15. The normalized spacial score (nSPS) is 13.2. The Labute approximate surface area is 142 Å². The molecule has 3 aromatic heterocycles. The molecule has 0 N–H and O–H groups in total. The molecule has 4 heterocycles. The fraction of sp³-hybridized carbons (Fsp3) is 0.125. The number of amides is 1. The summed E-state index contributed by atoms with van der Waals surface area (Å²) in [6, 6.07) is 5.25. The van der Waals surface area contributed by atoms with Crippen molar-refractivity contribution in [2.24, 2.45) is 0 Å². The largest absolute Gasteiger partial charge is 0.495 e. The quantitative estimate of drug-likeness (QED) is 0.684. The molecule has 1 aliphatic rings. The van der Waals surface area contributed by atoms with Crippen molar-refractivity contribution in [3.63, 3.8) is 0 Å². The van der Waals surface area contributed by atoms with Gasteiger partial charge in [-0.3, -0.25) is 9.78 Å². The minimum atomic E-state index is -0.166. The SMILES string of the molecule is COc1cncc(N2Cc3cn(-c4ccc(Cl)nc4)nc3C2=O)c1. The summed E-state index contributed by atoms with van der Waals surface area (Å²) in [5.74, 6) is 0.433. The standard InChI is InChI=1S/C16H12ClN5O2/c1-24-13-4-12(5-18-7-13)21-8-10-9-22(20-15(10)16(21)23)11-2-3-14(17)19-6-11/h2-7,9H,8H2,1H3. The molecule has 0 spiro atoms. The van der Waals surface area contributed by atoms with E-state index >= 15 is 0 Å². The monoisotopic (exact) mass is 341 g/mol. The van der Waals surface area contributed by atoms with Crippen LogP contribution in [0.15, 0.2) is 43.0 Å². The third-order valence-electron chi connectivity index (χ3n) is 3.79. The number of methoxy groups -OCH3 is 1. The molecule has 0 atom stereocenters. The highest BCUT2D eigenvalue weighted by atomic mass is 35.5. The Bertz CT molecular complexity index is 922. The molecule has 0 aliphatic carbocycles. The van der Waals surface area contributed by atoms with Crippen molar-refractivity contribution in [2.45, 2.75) is 6.54 Å². The number of rotatable bonds is 3. The zero-order chi connectivity index (χ0) is 16.7. The van der Waals surface area contributed by atoms with E-state index in [0.717, 1.165) is 11.3 Å². The van der Waals surface area contributed by atoms with Gasteiger partial charge in [0, 0.05) is 17.8 Å². The summed E-state index contributed by atoms with van der Waals surface area (Å²) in [6.07, 6.45) is 6.66. The molecular formula is C16H12ClN5O2. The first-order valence-corrected chi connectivity index (χ1v) is 7.55. The maximum Gasteiger partial charge on any atom is 0.279 e. The predicted molar refractivity (Wildman–Crippen MR) is 87.7 cm³/mol. The van der Waals surface area contributed by atoms with E-state index in [1.807, 2.05) is 6.20 Å². The van der Waals surface area contributed by atoms with Crippen molar-refractivity contribution in [3.8, 4) is 11.4 Å². The maximum absolute atomic E-state index is 12.6. The van der Waals surface area contributed by atoms with Crippen LogP contribution in [0.2, 0.25) is 5.15 Å². The van der Waals surface area contributed by atoms with Crippen molar-refractivity contribution >= 4 is 23.2 Å². The van der Waals surface area contributed by atoms with Gasteiger partial charge in [0.15, 0.2) is 5.69 Å². The molecule has 0 fully saturated rings. The minimum Gasteiger partial charge on any atom is -0.495 e. The average molecular weight is 342 g/mol. The van der Waals surface area contributed by atoms with Crippen LogP contribution in [0.5, 0.6) is 5.75 Å². The molecule has 1 aliphatic heterocycles. The molecule has 7 nitrogen and oxygen atoms in total. The number of anilines is 1. The van der Waals surface area contributed by atoms with Gasteiger partial charge < -0.3 is 9.64 Å². The van der Waals surface area contributed by atoms with Gasteiger partial charge in [-0.1, -0.05) is 11.6 Å². The van der Waals surface area contributed by atoms with Crippen molar-refractivity contribution in [1.29, 1.82) is 0 Å². The Morgan fingerprint density at radius 3 is 2.79 bits per heavy atom. The molecule has 0 unspecified atom stereocenters. The van der Waals surface area contributed by atoms with Gasteiger partial charge >= 0.3 is 0 Å². The fourth-order valence-corrected chi connectivity index (χ4v) is 2.70. The number of hydrogen-bond donors (Lipinski definition) is 0. The van der Waals surface area contributed by atoms with Crippen LogP contribution in [-0.2, 0) is 6.54 Å². The zero-order valence-electron chi connectivity index (χ0n) is 12.7. The molecule has 8 heteroatoms. The molecule has 4 rings (SSSR count). The van der Waals surface area contributed by atoms with Crippen LogP contribution < -0.4 is 9.64 Å². The highest BCUT2D eigenvalue weighted by molar-refractivity contribution is 6.29. The smallest absolute Gasteiger partial charge is 0.279 e. The van der Waals surface area contributed by atoms with Crippen LogP contribution in [0, 0.1) is 0 Å². The Morgan fingerprint density at radius 1 is 1.21 bits per heavy atom. The number of fused-ring (bicyclic) bond motifs is 1. The molecule has 0 saturated heterocycles. The fourth-order valence-electron chi connectivity index (χ4n) is 2.59. The second-order valence-electron chi connectivity index (χ2n) is 5.26. The number of pyridine rings is 2. The lowest BCUT2D eigenvalue weighted by molar-refractivity contribution is 0.0991.